The predicted molar refractivity (Wildman–Crippen MR) is 109 cm³/mol. The Morgan fingerprint density at radius 1 is 0.926 bits per heavy atom. The fraction of sp³-hybridized carbons (Fsp3) is 0.381. The molecule has 0 radical (unpaired) electrons. The Labute approximate surface area is 161 Å². The van der Waals surface area contributed by atoms with E-state index < -0.39 is 0 Å². The van der Waals surface area contributed by atoms with E-state index in [4.69, 9.17) is 14.2 Å². The van der Waals surface area contributed by atoms with Crippen molar-refractivity contribution in [3.63, 3.8) is 0 Å². The van der Waals surface area contributed by atoms with Crippen LogP contribution in [0.5, 0.6) is 17.2 Å². The number of hydrogen-bond acceptors (Lipinski definition) is 4. The van der Waals surface area contributed by atoms with Crippen LogP contribution in [0.3, 0.4) is 0 Å². The van der Waals surface area contributed by atoms with Gasteiger partial charge in [-0.2, -0.15) is 0 Å². The average Bonchev–Trinajstić information content (AvgIpc) is 2.72. The van der Waals surface area contributed by atoms with E-state index in [0.717, 1.165) is 53.8 Å². The van der Waals surface area contributed by atoms with E-state index in [-0.39, 0.29) is 0 Å². The summed E-state index contributed by atoms with van der Waals surface area (Å²) in [7, 11) is 5.01. The molecule has 0 spiro atoms. The molecule has 0 saturated heterocycles. The van der Waals surface area contributed by atoms with Crippen molar-refractivity contribution in [2.75, 3.05) is 34.4 Å². The largest absolute Gasteiger partial charge is 0.497 e. The highest BCUT2D eigenvalue weighted by Crippen LogP contribution is 2.24. The van der Waals surface area contributed by atoms with E-state index in [0.29, 0.717) is 6.54 Å². The predicted octanol–water partition coefficient (Wildman–Crippen LogP) is 3.01. The molecule has 0 fully saturated rings. The van der Waals surface area contributed by atoms with Crippen molar-refractivity contribution < 1.29 is 14.2 Å². The molecule has 0 unspecified atom stereocenters. The van der Waals surface area contributed by atoms with Crippen LogP contribution in [-0.2, 0) is 13.0 Å². The molecule has 0 heterocycles. The van der Waals surface area contributed by atoms with E-state index in [1.54, 1.807) is 21.3 Å². The zero-order valence-electron chi connectivity index (χ0n) is 16.5. The number of hydrogen-bond donors (Lipinski definition) is 2. The van der Waals surface area contributed by atoms with Gasteiger partial charge in [-0.05, 0) is 54.8 Å². The number of guanidine groups is 1. The van der Waals surface area contributed by atoms with Gasteiger partial charge in [0.05, 0.1) is 27.9 Å². The van der Waals surface area contributed by atoms with E-state index in [9.17, 15) is 0 Å². The lowest BCUT2D eigenvalue weighted by Crippen LogP contribution is -2.38. The molecule has 2 aromatic rings. The van der Waals surface area contributed by atoms with Crippen LogP contribution in [0.2, 0.25) is 0 Å². The molecule has 0 aliphatic rings. The molecule has 2 aromatic carbocycles. The van der Waals surface area contributed by atoms with Crippen molar-refractivity contribution in [1.29, 1.82) is 0 Å². The Kier molecular flexibility index (Phi) is 8.29. The van der Waals surface area contributed by atoms with E-state index in [1.807, 2.05) is 49.4 Å². The highest BCUT2D eigenvalue weighted by molar-refractivity contribution is 5.79. The van der Waals surface area contributed by atoms with Gasteiger partial charge in [0, 0.05) is 13.1 Å². The highest BCUT2D eigenvalue weighted by atomic mass is 16.5. The maximum atomic E-state index is 5.44. The van der Waals surface area contributed by atoms with Crippen molar-refractivity contribution in [3.8, 4) is 17.2 Å². The SMILES string of the molecule is CCNC(=NCc1cccc(OC)c1)NCCc1cc(OC)ccc1OC. The number of aliphatic imine (C=N–C) groups is 1. The summed E-state index contributed by atoms with van der Waals surface area (Å²) in [5.41, 5.74) is 2.19. The molecular formula is C21H29N3O3. The molecule has 6 nitrogen and oxygen atoms in total. The summed E-state index contributed by atoms with van der Waals surface area (Å²) in [4.78, 5) is 4.65. The van der Waals surface area contributed by atoms with E-state index in [2.05, 4.69) is 15.6 Å². The lowest BCUT2D eigenvalue weighted by molar-refractivity contribution is 0.398. The molecule has 0 aliphatic carbocycles. The molecular weight excluding hydrogens is 342 g/mol. The van der Waals surface area contributed by atoms with Gasteiger partial charge in [-0.15, -0.1) is 0 Å². The van der Waals surface area contributed by atoms with Gasteiger partial charge in [0.1, 0.15) is 17.2 Å². The molecule has 0 saturated carbocycles. The summed E-state index contributed by atoms with van der Waals surface area (Å²) in [6, 6.07) is 13.8. The Morgan fingerprint density at radius 2 is 1.70 bits per heavy atom. The molecule has 2 N–H and O–H groups in total. The first kappa shape index (κ1) is 20.4. The molecule has 146 valence electrons. The van der Waals surface area contributed by atoms with Crippen LogP contribution in [0.4, 0.5) is 0 Å². The molecule has 0 amide bonds. The third kappa shape index (κ3) is 6.40. The smallest absolute Gasteiger partial charge is 0.191 e. The van der Waals surface area contributed by atoms with Crippen LogP contribution in [0, 0.1) is 0 Å². The first-order valence-electron chi connectivity index (χ1n) is 9.06. The summed E-state index contributed by atoms with van der Waals surface area (Å²) in [5, 5.41) is 6.64. The summed E-state index contributed by atoms with van der Waals surface area (Å²) >= 11 is 0. The van der Waals surface area contributed by atoms with Crippen LogP contribution in [0.1, 0.15) is 18.1 Å². The first-order chi connectivity index (χ1) is 13.2. The molecule has 0 aliphatic heterocycles. The van der Waals surface area contributed by atoms with Crippen LogP contribution in [0.15, 0.2) is 47.5 Å². The van der Waals surface area contributed by atoms with Gasteiger partial charge < -0.3 is 24.8 Å². The van der Waals surface area contributed by atoms with Crippen LogP contribution < -0.4 is 24.8 Å². The summed E-state index contributed by atoms with van der Waals surface area (Å²) < 4.78 is 16.0. The first-order valence-corrected chi connectivity index (χ1v) is 9.06. The maximum absolute atomic E-state index is 5.44. The lowest BCUT2D eigenvalue weighted by Gasteiger charge is -2.13. The molecule has 6 heteroatoms. The number of rotatable bonds is 9. The minimum atomic E-state index is 0.578. The quantitative estimate of drug-likeness (QED) is 0.524. The second-order valence-electron chi connectivity index (χ2n) is 5.90. The molecule has 0 aromatic heterocycles. The Bertz CT molecular complexity index is 747. The molecule has 0 bridgehead atoms. The fourth-order valence-corrected chi connectivity index (χ4v) is 2.68. The van der Waals surface area contributed by atoms with Crippen molar-refractivity contribution >= 4 is 5.96 Å². The summed E-state index contributed by atoms with van der Waals surface area (Å²) in [5.74, 6) is 3.30. The van der Waals surface area contributed by atoms with Crippen molar-refractivity contribution in [3.05, 3.63) is 53.6 Å². The number of ether oxygens (including phenoxy) is 3. The third-order valence-electron chi connectivity index (χ3n) is 4.07. The summed E-state index contributed by atoms with van der Waals surface area (Å²) in [6.07, 6.45) is 0.796. The molecule has 27 heavy (non-hydrogen) atoms. The Balaban J connectivity index is 1.97. The molecule has 2 rings (SSSR count). The second kappa shape index (κ2) is 11.0. The van der Waals surface area contributed by atoms with Gasteiger partial charge in [-0.3, -0.25) is 0 Å². The number of methoxy groups -OCH3 is 3. The third-order valence-corrected chi connectivity index (χ3v) is 4.07. The monoisotopic (exact) mass is 371 g/mol. The van der Waals surface area contributed by atoms with Crippen LogP contribution in [0.25, 0.3) is 0 Å². The number of nitrogens with one attached hydrogen (secondary N) is 2. The van der Waals surface area contributed by atoms with Gasteiger partial charge in [0.25, 0.3) is 0 Å². The average molecular weight is 371 g/mol. The second-order valence-corrected chi connectivity index (χ2v) is 5.90. The van der Waals surface area contributed by atoms with Crippen LogP contribution in [-0.4, -0.2) is 40.4 Å². The van der Waals surface area contributed by atoms with E-state index >= 15 is 0 Å². The van der Waals surface area contributed by atoms with Gasteiger partial charge in [0.2, 0.25) is 0 Å². The van der Waals surface area contributed by atoms with Crippen molar-refractivity contribution in [2.24, 2.45) is 4.99 Å². The minimum Gasteiger partial charge on any atom is -0.497 e. The van der Waals surface area contributed by atoms with E-state index in [1.165, 1.54) is 0 Å². The Hall–Kier alpha value is -2.89. The van der Waals surface area contributed by atoms with Crippen molar-refractivity contribution in [1.82, 2.24) is 10.6 Å². The van der Waals surface area contributed by atoms with Gasteiger partial charge in [-0.1, -0.05) is 12.1 Å². The van der Waals surface area contributed by atoms with Gasteiger partial charge in [-0.25, -0.2) is 4.99 Å². The van der Waals surface area contributed by atoms with Crippen LogP contribution >= 0.6 is 0 Å². The number of benzene rings is 2. The van der Waals surface area contributed by atoms with Gasteiger partial charge >= 0.3 is 0 Å². The Morgan fingerprint density at radius 3 is 2.41 bits per heavy atom. The topological polar surface area (TPSA) is 64.1 Å². The van der Waals surface area contributed by atoms with Crippen molar-refractivity contribution in [2.45, 2.75) is 19.9 Å². The number of nitrogens with zero attached hydrogens (tertiary/aromatic N) is 1. The lowest BCUT2D eigenvalue weighted by atomic mass is 10.1. The summed E-state index contributed by atoms with van der Waals surface area (Å²) in [6.45, 7) is 4.16. The minimum absolute atomic E-state index is 0.578. The highest BCUT2D eigenvalue weighted by Gasteiger charge is 2.06. The fourth-order valence-electron chi connectivity index (χ4n) is 2.68. The molecule has 0 atom stereocenters. The standard InChI is InChI=1S/C21H29N3O3/c1-5-22-21(24-15-16-7-6-8-18(13-16)25-2)23-12-11-17-14-19(26-3)9-10-20(17)27-4/h6-10,13-14H,5,11-12,15H2,1-4H3,(H2,22,23,24). The zero-order valence-corrected chi connectivity index (χ0v) is 16.5. The maximum Gasteiger partial charge on any atom is 0.191 e. The normalized spacial score (nSPS) is 11.0. The van der Waals surface area contributed by atoms with Gasteiger partial charge in [0.15, 0.2) is 5.96 Å². The zero-order chi connectivity index (χ0) is 19.5.